The van der Waals surface area contributed by atoms with Crippen LogP contribution in [0.3, 0.4) is 0 Å². The molecule has 0 spiro atoms. The number of rotatable bonds is 5. The maximum Gasteiger partial charge on any atom is 0.332 e. The Hall–Kier alpha value is -1.89. The summed E-state index contributed by atoms with van der Waals surface area (Å²) in [7, 11) is 0. The van der Waals surface area contributed by atoms with Crippen LogP contribution in [0.1, 0.15) is 56.1 Å². The zero-order chi connectivity index (χ0) is 29.6. The van der Waals surface area contributed by atoms with Gasteiger partial charge in [-0.2, -0.15) is 0 Å². The Balaban J connectivity index is 3.00. The van der Waals surface area contributed by atoms with E-state index in [-0.39, 0.29) is 4.57 Å². The molecule has 0 unspecified atom stereocenters. The SMILES string of the molecule is [2H]C([2H])([2H])n1c(=O)n(C([2H])([2H])C([2H])([2H])C([2H])([2H])C([2H])([2H])C(O)(C([2H])([2H])[2H])C([2H])([2H])[2H])c(=O)c2[nH]cnc21. The van der Waals surface area contributed by atoms with E-state index in [1.165, 1.54) is 0 Å². The zero-order valence-corrected chi connectivity index (χ0v) is 9.68. The first-order valence-corrected chi connectivity index (χ1v) is 4.99. The number of aromatic amines is 1. The van der Waals surface area contributed by atoms with E-state index in [0.29, 0.717) is 0 Å². The molecule has 0 fully saturated rings. The fourth-order valence-corrected chi connectivity index (χ4v) is 1.31. The van der Waals surface area contributed by atoms with Crippen LogP contribution in [-0.2, 0) is 13.5 Å². The van der Waals surface area contributed by atoms with E-state index in [1.54, 1.807) is 0 Å². The number of fused-ring (bicyclic) bond motifs is 1. The summed E-state index contributed by atoms with van der Waals surface area (Å²) < 4.78 is 131. The van der Waals surface area contributed by atoms with E-state index in [2.05, 4.69) is 9.97 Å². The normalized spacial score (nSPS) is 29.6. The van der Waals surface area contributed by atoms with Gasteiger partial charge < -0.3 is 10.1 Å². The smallest absolute Gasteiger partial charge is 0.332 e. The van der Waals surface area contributed by atoms with Gasteiger partial charge in [0.2, 0.25) is 0 Å². The van der Waals surface area contributed by atoms with Crippen molar-refractivity contribution in [2.45, 2.75) is 44.9 Å². The van der Waals surface area contributed by atoms with Crippen molar-refractivity contribution in [3.8, 4) is 0 Å². The molecule has 0 aromatic carbocycles. The van der Waals surface area contributed by atoms with Gasteiger partial charge in [0.1, 0.15) is 5.52 Å². The molecule has 2 heterocycles. The molecule has 0 bridgehead atoms. The molecule has 2 rings (SSSR count). The van der Waals surface area contributed by atoms with E-state index in [4.69, 9.17) is 23.3 Å². The highest BCUT2D eigenvalue weighted by Gasteiger charge is 2.14. The molecule has 20 heavy (non-hydrogen) atoms. The Morgan fingerprint density at radius 2 is 2.30 bits per heavy atom. The lowest BCUT2D eigenvalue weighted by molar-refractivity contribution is 0.0678. The van der Waals surface area contributed by atoms with Crippen LogP contribution in [0.15, 0.2) is 15.9 Å². The van der Waals surface area contributed by atoms with Gasteiger partial charge in [0, 0.05) is 34.0 Å². The van der Waals surface area contributed by atoms with Crippen molar-refractivity contribution in [1.82, 2.24) is 19.1 Å². The van der Waals surface area contributed by atoms with E-state index in [0.717, 1.165) is 6.33 Å². The standard InChI is InChI=1S/C13H20N4O3/c1-13(2,20)6-4-5-7-17-11(18)9-10(15-8-14-9)16(3)12(17)19/h8,20H,4-7H2,1-3H3,(H,14,15)/i1D3,2D3,3D3,4D2,5D2,6D2,7D2. The summed E-state index contributed by atoms with van der Waals surface area (Å²) in [6, 6.07) is 0. The molecule has 7 nitrogen and oxygen atoms in total. The Kier molecular flexibility index (Phi) is 1.07. The van der Waals surface area contributed by atoms with Crippen LogP contribution >= 0.6 is 0 Å². The number of nitrogens with one attached hydrogen (secondary N) is 1. The van der Waals surface area contributed by atoms with Crippen molar-refractivity contribution in [3.63, 3.8) is 0 Å². The van der Waals surface area contributed by atoms with Crippen LogP contribution in [0, 0.1) is 0 Å². The molecule has 0 atom stereocenters. The van der Waals surface area contributed by atoms with Gasteiger partial charge in [-0.1, -0.05) is 0 Å². The molecule has 2 aromatic rings. The number of aliphatic hydroxyl groups is 1. The highest BCUT2D eigenvalue weighted by Crippen LogP contribution is 2.12. The van der Waals surface area contributed by atoms with Crippen molar-refractivity contribution in [2.75, 3.05) is 0 Å². The van der Waals surface area contributed by atoms with Crippen LogP contribution in [0.2, 0.25) is 0 Å². The topological polar surface area (TPSA) is 92.9 Å². The molecular weight excluding hydrogens is 260 g/mol. The summed E-state index contributed by atoms with van der Waals surface area (Å²) in [5.41, 5.74) is -10.1. The van der Waals surface area contributed by atoms with Crippen molar-refractivity contribution in [2.24, 2.45) is 6.98 Å². The van der Waals surface area contributed by atoms with Gasteiger partial charge in [0.05, 0.1) is 14.7 Å². The van der Waals surface area contributed by atoms with Gasteiger partial charge in [0.25, 0.3) is 5.56 Å². The first kappa shape index (κ1) is 4.07. The van der Waals surface area contributed by atoms with E-state index in [9.17, 15) is 14.7 Å². The van der Waals surface area contributed by atoms with Crippen LogP contribution in [0.25, 0.3) is 11.2 Å². The quantitative estimate of drug-likeness (QED) is 0.833. The predicted molar refractivity (Wildman–Crippen MR) is 75.7 cm³/mol. The van der Waals surface area contributed by atoms with E-state index < -0.39 is 78.9 Å². The number of nitrogens with zero attached hydrogens (tertiary/aromatic N) is 3. The molecule has 0 aliphatic rings. The van der Waals surface area contributed by atoms with Crippen molar-refractivity contribution >= 4 is 11.2 Å². The highest BCUT2D eigenvalue weighted by molar-refractivity contribution is 5.68. The number of hydrogen-bond acceptors (Lipinski definition) is 4. The van der Waals surface area contributed by atoms with Crippen LogP contribution in [0.4, 0.5) is 0 Å². The second kappa shape index (κ2) is 5.24. The molecule has 0 saturated carbocycles. The van der Waals surface area contributed by atoms with Crippen molar-refractivity contribution < 1.29 is 28.4 Å². The molecule has 0 aliphatic heterocycles. The first-order chi connectivity index (χ1) is 16.0. The summed E-state index contributed by atoms with van der Waals surface area (Å²) in [5, 5.41) is 10.6. The van der Waals surface area contributed by atoms with Gasteiger partial charge in [-0.05, 0) is 32.8 Å². The molecule has 7 heteroatoms. The molecule has 2 aromatic heterocycles. The fraction of sp³-hybridized carbons (Fsp3) is 0.615. The Labute approximate surface area is 139 Å². The van der Waals surface area contributed by atoms with Gasteiger partial charge in [0.15, 0.2) is 5.65 Å². The molecule has 0 saturated heterocycles. The third-order valence-electron chi connectivity index (χ3n) is 2.10. The van der Waals surface area contributed by atoms with E-state index in [1.807, 2.05) is 0 Å². The summed E-state index contributed by atoms with van der Waals surface area (Å²) in [6.45, 7) is -16.3. The summed E-state index contributed by atoms with van der Waals surface area (Å²) >= 11 is 0. The van der Waals surface area contributed by atoms with Gasteiger partial charge in [-0.15, -0.1) is 0 Å². The fourth-order valence-electron chi connectivity index (χ4n) is 1.31. The molecular formula is C13H20N4O3. The number of hydrogen-bond donors (Lipinski definition) is 2. The summed E-state index contributed by atoms with van der Waals surface area (Å²) in [6.07, 6.45) is -13.1. The van der Waals surface area contributed by atoms with Crippen molar-refractivity contribution in [3.05, 3.63) is 27.2 Å². The highest BCUT2D eigenvalue weighted by atomic mass is 16.3. The average Bonchev–Trinajstić information content (AvgIpc) is 3.13. The minimum Gasteiger partial charge on any atom is -0.390 e. The molecule has 2 N–H and O–H groups in total. The number of imidazole rings is 1. The Morgan fingerprint density at radius 1 is 1.50 bits per heavy atom. The maximum atomic E-state index is 13.0. The molecule has 0 radical (unpaired) electrons. The van der Waals surface area contributed by atoms with Gasteiger partial charge in [-0.3, -0.25) is 13.9 Å². The lowest BCUT2D eigenvalue weighted by Gasteiger charge is -2.16. The largest absolute Gasteiger partial charge is 0.390 e. The third-order valence-corrected chi connectivity index (χ3v) is 2.10. The lowest BCUT2D eigenvalue weighted by Crippen LogP contribution is -2.39. The monoisotopic (exact) mass is 297 g/mol. The van der Waals surface area contributed by atoms with Crippen LogP contribution < -0.4 is 11.2 Å². The maximum absolute atomic E-state index is 13.0. The second-order valence-electron chi connectivity index (χ2n) is 3.56. The molecule has 110 valence electrons. The van der Waals surface area contributed by atoms with Gasteiger partial charge in [-0.25, -0.2) is 9.78 Å². The Bertz CT molecular complexity index is 1300. The number of aromatic nitrogens is 4. The van der Waals surface area contributed by atoms with Crippen LogP contribution in [-0.4, -0.2) is 29.8 Å². The second-order valence-corrected chi connectivity index (χ2v) is 3.56. The summed E-state index contributed by atoms with van der Waals surface area (Å²) in [4.78, 5) is 31.5. The zero-order valence-electron chi connectivity index (χ0n) is 26.7. The number of H-pyrrole nitrogens is 1. The van der Waals surface area contributed by atoms with Crippen molar-refractivity contribution in [1.29, 1.82) is 0 Å². The minimum atomic E-state index is -4.67. The minimum absolute atomic E-state index is 0.195. The number of aryl methyl sites for hydroxylation is 1. The first-order valence-electron chi connectivity index (χ1n) is 13.5. The average molecular weight is 297 g/mol. The third kappa shape index (κ3) is 2.82. The predicted octanol–water partition coefficient (Wildman–Crippen LogP) is 0.364. The lowest BCUT2D eigenvalue weighted by atomic mass is 10.0. The van der Waals surface area contributed by atoms with Crippen LogP contribution in [0.5, 0.6) is 0 Å². The van der Waals surface area contributed by atoms with E-state index >= 15 is 0 Å². The molecule has 0 aliphatic carbocycles. The Morgan fingerprint density at radius 3 is 3.00 bits per heavy atom. The summed E-state index contributed by atoms with van der Waals surface area (Å²) in [5.74, 6) is 0. The van der Waals surface area contributed by atoms with Gasteiger partial charge >= 0.3 is 5.69 Å². The molecule has 0 amide bonds.